The lowest BCUT2D eigenvalue weighted by Gasteiger charge is -2.47. The minimum atomic E-state index is -0.739. The summed E-state index contributed by atoms with van der Waals surface area (Å²) in [6.45, 7) is 8.20. The van der Waals surface area contributed by atoms with Crippen molar-refractivity contribution in [3.63, 3.8) is 0 Å². The zero-order valence-corrected chi connectivity index (χ0v) is 21.7. The molecule has 1 atom stereocenters. The molecule has 2 saturated heterocycles. The summed E-state index contributed by atoms with van der Waals surface area (Å²) < 4.78 is 35.1. The molecule has 7 nitrogen and oxygen atoms in total. The number of nitriles is 1. The summed E-state index contributed by atoms with van der Waals surface area (Å²) in [4.78, 5) is 26.2. The van der Waals surface area contributed by atoms with Gasteiger partial charge in [-0.15, -0.1) is 11.3 Å². The number of benzene rings is 1. The summed E-state index contributed by atoms with van der Waals surface area (Å²) >= 11 is 1.52. The van der Waals surface area contributed by atoms with Crippen LogP contribution in [0.4, 0.5) is 14.6 Å². The number of thiazole rings is 1. The average Bonchev–Trinajstić information content (AvgIpc) is 3.53. The van der Waals surface area contributed by atoms with Crippen molar-refractivity contribution < 1.29 is 18.3 Å². The van der Waals surface area contributed by atoms with Crippen LogP contribution < -0.4 is 4.90 Å². The number of hydrogen-bond acceptors (Lipinski definition) is 7. The van der Waals surface area contributed by atoms with E-state index in [1.54, 1.807) is 10.4 Å². The molecule has 2 fully saturated rings. The second kappa shape index (κ2) is 9.26. The number of carbonyl (C=O) groups is 1. The minimum absolute atomic E-state index is 0.0737. The molecule has 0 radical (unpaired) electrons. The zero-order chi connectivity index (χ0) is 26.6. The van der Waals surface area contributed by atoms with Crippen LogP contribution in [0.25, 0.3) is 11.1 Å². The SMILES string of the molecule is C=CC(=O)N1CC2(CCN(c3nc4c(c(-c5ccc(F)cc5F)c3C#N)COC(c3scnc3C)C4)C2)C1. The molecule has 0 N–H and O–H groups in total. The van der Waals surface area contributed by atoms with Crippen LogP contribution in [0.1, 0.15) is 39.9 Å². The third-order valence-electron chi connectivity index (χ3n) is 7.84. The molecule has 194 valence electrons. The first-order valence-corrected chi connectivity index (χ1v) is 13.3. The van der Waals surface area contributed by atoms with E-state index < -0.39 is 11.6 Å². The second-order valence-corrected chi connectivity index (χ2v) is 11.1. The fourth-order valence-electron chi connectivity index (χ4n) is 5.94. The highest BCUT2D eigenvalue weighted by Gasteiger charge is 2.49. The summed E-state index contributed by atoms with van der Waals surface area (Å²) in [6.07, 6.45) is 2.38. The van der Waals surface area contributed by atoms with Crippen LogP contribution in [0.15, 0.2) is 36.4 Å². The number of fused-ring (bicyclic) bond motifs is 1. The third kappa shape index (κ3) is 3.97. The number of ether oxygens (including phenoxy) is 1. The molecule has 5 heterocycles. The number of amides is 1. The Bertz CT molecular complexity index is 1510. The van der Waals surface area contributed by atoms with Crippen LogP contribution in [-0.2, 0) is 22.6 Å². The normalized spacial score (nSPS) is 19.7. The van der Waals surface area contributed by atoms with Gasteiger partial charge in [-0.25, -0.2) is 18.7 Å². The third-order valence-corrected chi connectivity index (χ3v) is 8.86. The van der Waals surface area contributed by atoms with Crippen LogP contribution >= 0.6 is 11.3 Å². The van der Waals surface area contributed by atoms with E-state index in [-0.39, 0.29) is 35.2 Å². The molecule has 3 aromatic rings. The molecule has 38 heavy (non-hydrogen) atoms. The molecular formula is C28H25F2N5O2S. The van der Waals surface area contributed by atoms with Crippen LogP contribution in [0, 0.1) is 35.3 Å². The molecule has 2 aromatic heterocycles. The first kappa shape index (κ1) is 24.6. The number of anilines is 1. The fourth-order valence-corrected chi connectivity index (χ4v) is 6.79. The van der Waals surface area contributed by atoms with Gasteiger partial charge in [0.05, 0.1) is 34.5 Å². The molecule has 1 unspecified atom stereocenters. The monoisotopic (exact) mass is 533 g/mol. The van der Waals surface area contributed by atoms with E-state index in [4.69, 9.17) is 9.72 Å². The number of likely N-dealkylation sites (tertiary alicyclic amines) is 1. The lowest BCUT2D eigenvalue weighted by atomic mass is 9.79. The van der Waals surface area contributed by atoms with Gasteiger partial charge in [-0.1, -0.05) is 6.58 Å². The van der Waals surface area contributed by atoms with Gasteiger partial charge in [-0.3, -0.25) is 4.79 Å². The van der Waals surface area contributed by atoms with Gasteiger partial charge in [0.2, 0.25) is 5.91 Å². The van der Waals surface area contributed by atoms with Crippen molar-refractivity contribution in [3.05, 3.63) is 75.4 Å². The quantitative estimate of drug-likeness (QED) is 0.452. The number of carbonyl (C=O) groups excluding carboxylic acids is 1. The van der Waals surface area contributed by atoms with Crippen molar-refractivity contribution in [1.82, 2.24) is 14.9 Å². The van der Waals surface area contributed by atoms with E-state index in [1.807, 2.05) is 6.92 Å². The van der Waals surface area contributed by atoms with E-state index in [0.717, 1.165) is 28.8 Å². The van der Waals surface area contributed by atoms with Gasteiger partial charge in [0.25, 0.3) is 0 Å². The summed E-state index contributed by atoms with van der Waals surface area (Å²) in [7, 11) is 0. The Labute approximate surface area is 223 Å². The number of aromatic nitrogens is 2. The summed E-state index contributed by atoms with van der Waals surface area (Å²) in [6, 6.07) is 5.68. The number of pyridine rings is 1. The molecule has 0 bridgehead atoms. The minimum Gasteiger partial charge on any atom is -0.367 e. The summed E-state index contributed by atoms with van der Waals surface area (Å²) in [5.74, 6) is -1.01. The van der Waals surface area contributed by atoms with E-state index >= 15 is 4.39 Å². The standard InChI is InChI=1S/C28H25F2N5O2S/c1-3-24(36)35-13-28(14-35)6-7-34(12-28)27-19(10-31)25(18-5-4-17(29)8-21(18)30)20-11-37-23(9-22(20)33-27)26-16(2)32-15-38-26/h3-5,8,15,23H,1,6-7,9,11-14H2,2H3. The molecule has 0 saturated carbocycles. The van der Waals surface area contributed by atoms with Crippen molar-refractivity contribution in [2.75, 3.05) is 31.1 Å². The summed E-state index contributed by atoms with van der Waals surface area (Å²) in [5, 5.41) is 10.3. The van der Waals surface area contributed by atoms with Crippen LogP contribution in [-0.4, -0.2) is 47.0 Å². The fraction of sp³-hybridized carbons (Fsp3) is 0.357. The molecule has 3 aliphatic heterocycles. The van der Waals surface area contributed by atoms with E-state index in [1.165, 1.54) is 29.5 Å². The zero-order valence-electron chi connectivity index (χ0n) is 20.8. The van der Waals surface area contributed by atoms with Crippen LogP contribution in [0.3, 0.4) is 0 Å². The second-order valence-electron chi connectivity index (χ2n) is 10.2. The largest absolute Gasteiger partial charge is 0.367 e. The maximum atomic E-state index is 15.1. The molecule has 3 aliphatic rings. The van der Waals surface area contributed by atoms with E-state index in [9.17, 15) is 14.4 Å². The number of rotatable bonds is 4. The molecule has 1 amide bonds. The Morgan fingerprint density at radius 1 is 1.34 bits per heavy atom. The molecule has 1 aromatic carbocycles. The molecular weight excluding hydrogens is 508 g/mol. The van der Waals surface area contributed by atoms with Crippen molar-refractivity contribution >= 4 is 23.1 Å². The van der Waals surface area contributed by atoms with Gasteiger partial charge in [0, 0.05) is 60.8 Å². The number of aryl methyl sites for hydroxylation is 1. The van der Waals surface area contributed by atoms with Crippen LogP contribution in [0.5, 0.6) is 0 Å². The van der Waals surface area contributed by atoms with Gasteiger partial charge in [0.15, 0.2) is 0 Å². The first-order chi connectivity index (χ1) is 18.3. The lowest BCUT2D eigenvalue weighted by Crippen LogP contribution is -2.59. The van der Waals surface area contributed by atoms with Crippen molar-refractivity contribution in [2.45, 2.75) is 32.5 Å². The van der Waals surface area contributed by atoms with Gasteiger partial charge < -0.3 is 14.5 Å². The Hall–Kier alpha value is -3.68. The van der Waals surface area contributed by atoms with E-state index in [2.05, 4.69) is 22.5 Å². The Balaban J connectivity index is 1.43. The predicted molar refractivity (Wildman–Crippen MR) is 138 cm³/mol. The van der Waals surface area contributed by atoms with Crippen molar-refractivity contribution in [3.8, 4) is 17.2 Å². The van der Waals surface area contributed by atoms with Gasteiger partial charge in [-0.05, 0) is 31.6 Å². The Kier molecular flexibility index (Phi) is 6.00. The number of hydrogen-bond donors (Lipinski definition) is 0. The van der Waals surface area contributed by atoms with Gasteiger partial charge in [-0.2, -0.15) is 5.26 Å². The lowest BCUT2D eigenvalue weighted by molar-refractivity contribution is -0.136. The Morgan fingerprint density at radius 3 is 2.84 bits per heavy atom. The average molecular weight is 534 g/mol. The van der Waals surface area contributed by atoms with Gasteiger partial charge in [0.1, 0.15) is 29.1 Å². The maximum absolute atomic E-state index is 15.1. The number of nitrogens with zero attached hydrogens (tertiary/aromatic N) is 5. The predicted octanol–water partition coefficient (Wildman–Crippen LogP) is 4.70. The highest BCUT2D eigenvalue weighted by molar-refractivity contribution is 7.09. The maximum Gasteiger partial charge on any atom is 0.245 e. The topological polar surface area (TPSA) is 82.4 Å². The summed E-state index contributed by atoms with van der Waals surface area (Å²) in [5.41, 5.74) is 4.79. The van der Waals surface area contributed by atoms with Crippen molar-refractivity contribution in [2.24, 2.45) is 5.41 Å². The first-order valence-electron chi connectivity index (χ1n) is 12.4. The molecule has 10 heteroatoms. The highest BCUT2D eigenvalue weighted by atomic mass is 32.1. The van der Waals surface area contributed by atoms with Crippen molar-refractivity contribution in [1.29, 1.82) is 5.26 Å². The molecule has 0 aliphatic carbocycles. The molecule has 1 spiro atoms. The van der Waals surface area contributed by atoms with Crippen LogP contribution in [0.2, 0.25) is 0 Å². The Morgan fingerprint density at radius 2 is 2.16 bits per heavy atom. The molecule has 6 rings (SSSR count). The smallest absolute Gasteiger partial charge is 0.245 e. The van der Waals surface area contributed by atoms with Gasteiger partial charge >= 0.3 is 0 Å². The number of halogens is 2. The highest BCUT2D eigenvalue weighted by Crippen LogP contribution is 2.45. The van der Waals surface area contributed by atoms with E-state index in [0.29, 0.717) is 49.5 Å².